The van der Waals surface area contributed by atoms with Crippen LogP contribution in [0.25, 0.3) is 5.69 Å². The number of ether oxygens (including phenoxy) is 1. The van der Waals surface area contributed by atoms with E-state index in [0.29, 0.717) is 34.6 Å². The predicted molar refractivity (Wildman–Crippen MR) is 184 cm³/mol. The van der Waals surface area contributed by atoms with Crippen LogP contribution in [0.3, 0.4) is 0 Å². The molecule has 0 fully saturated rings. The molecule has 4 rings (SSSR count). The lowest BCUT2D eigenvalue weighted by molar-refractivity contribution is -0.137. The number of imidazole rings is 1. The molecule has 1 aromatic heterocycles. The molecule has 0 saturated heterocycles. The standard InChI is InChI=1S/C33H36Cl2F2N4O5S2/c1-33(2,21-7-12-26(34)29(15-21)46-5)30-18-38-32(41(30)23-10-8-22(36)9-11-23)47-20-25-27(35)16-24(17-28(25)37)48(44,45)40(19-31(42)43)14-6-13-39(3)4/h7-12,15-18H,6,13-14,19-20H2,1-5H3,(H,42,43). The Balaban J connectivity index is 1.69. The highest BCUT2D eigenvalue weighted by molar-refractivity contribution is 7.98. The molecule has 1 N–H and O–H groups in total. The number of carboxylic acid groups (broad SMARTS) is 1. The number of carboxylic acids is 1. The lowest BCUT2D eigenvalue weighted by Crippen LogP contribution is -2.37. The molecule has 9 nitrogen and oxygen atoms in total. The first-order valence-electron chi connectivity index (χ1n) is 14.7. The summed E-state index contributed by atoms with van der Waals surface area (Å²) in [4.78, 5) is 17.5. The van der Waals surface area contributed by atoms with Crippen LogP contribution in [0.4, 0.5) is 8.78 Å². The quantitative estimate of drug-likeness (QED) is 0.129. The number of hydrogen-bond acceptors (Lipinski definition) is 7. The molecule has 0 aliphatic rings. The van der Waals surface area contributed by atoms with E-state index >= 15 is 4.39 Å². The van der Waals surface area contributed by atoms with Crippen molar-refractivity contribution in [2.75, 3.05) is 40.8 Å². The van der Waals surface area contributed by atoms with Gasteiger partial charge in [0.1, 0.15) is 23.9 Å². The Hall–Kier alpha value is -3.20. The fraction of sp³-hybridized carbons (Fsp3) is 0.333. The lowest BCUT2D eigenvalue weighted by atomic mass is 9.81. The summed E-state index contributed by atoms with van der Waals surface area (Å²) in [5.74, 6) is -2.15. The molecule has 4 aromatic rings. The number of methoxy groups -OCH3 is 1. The van der Waals surface area contributed by atoms with Gasteiger partial charge in [0.05, 0.1) is 28.9 Å². The summed E-state index contributed by atoms with van der Waals surface area (Å²) in [5.41, 5.74) is 1.59. The molecule has 0 amide bonds. The number of thioether (sulfide) groups is 1. The molecule has 15 heteroatoms. The number of hydrogen-bond donors (Lipinski definition) is 1. The summed E-state index contributed by atoms with van der Waals surface area (Å²) in [6, 6.07) is 13.3. The molecule has 0 radical (unpaired) electrons. The van der Waals surface area contributed by atoms with Crippen LogP contribution in [0.2, 0.25) is 10.0 Å². The van der Waals surface area contributed by atoms with E-state index in [2.05, 4.69) is 4.98 Å². The second-order valence-corrected chi connectivity index (χ2v) is 15.5. The Kier molecular flexibility index (Phi) is 12.2. The van der Waals surface area contributed by atoms with Gasteiger partial charge < -0.3 is 14.7 Å². The third kappa shape index (κ3) is 8.50. The van der Waals surface area contributed by atoms with E-state index < -0.39 is 44.5 Å². The van der Waals surface area contributed by atoms with Crippen LogP contribution in [-0.2, 0) is 26.0 Å². The van der Waals surface area contributed by atoms with Crippen LogP contribution in [0.5, 0.6) is 5.75 Å². The highest BCUT2D eigenvalue weighted by Gasteiger charge is 2.31. The topological polar surface area (TPSA) is 105 Å². The molecule has 0 bridgehead atoms. The zero-order chi connectivity index (χ0) is 35.4. The van der Waals surface area contributed by atoms with E-state index in [-0.39, 0.29) is 22.9 Å². The Morgan fingerprint density at radius 2 is 1.73 bits per heavy atom. The molecule has 258 valence electrons. The van der Waals surface area contributed by atoms with Crippen LogP contribution >= 0.6 is 35.0 Å². The molecule has 0 spiro atoms. The monoisotopic (exact) mass is 740 g/mol. The number of sulfonamides is 1. The fourth-order valence-electron chi connectivity index (χ4n) is 5.06. The number of aromatic nitrogens is 2. The van der Waals surface area contributed by atoms with Crippen molar-refractivity contribution in [3.63, 3.8) is 0 Å². The third-order valence-corrected chi connectivity index (χ3v) is 11.2. The molecular weight excluding hydrogens is 705 g/mol. The third-order valence-electron chi connectivity index (χ3n) is 7.75. The van der Waals surface area contributed by atoms with Crippen molar-refractivity contribution in [2.45, 2.75) is 41.5 Å². The SMILES string of the molecule is COc1cc(C(C)(C)c2cnc(SCc3c(F)cc(S(=O)(=O)N(CCCN(C)C)CC(=O)O)cc3Cl)n2-c2ccc(F)cc2)ccc1Cl. The second kappa shape index (κ2) is 15.6. The first-order chi connectivity index (χ1) is 22.6. The Morgan fingerprint density at radius 1 is 1.04 bits per heavy atom. The highest BCUT2D eigenvalue weighted by atomic mass is 35.5. The van der Waals surface area contributed by atoms with Crippen molar-refractivity contribution < 1.29 is 31.8 Å². The van der Waals surface area contributed by atoms with Crippen molar-refractivity contribution in [1.82, 2.24) is 18.8 Å². The number of carbonyl (C=O) groups is 1. The van der Waals surface area contributed by atoms with Crippen LogP contribution in [0.1, 0.15) is 37.1 Å². The first kappa shape index (κ1) is 37.6. The van der Waals surface area contributed by atoms with E-state index in [4.69, 9.17) is 27.9 Å². The van der Waals surface area contributed by atoms with E-state index in [1.165, 1.54) is 19.2 Å². The van der Waals surface area contributed by atoms with Crippen molar-refractivity contribution >= 4 is 51.0 Å². The van der Waals surface area contributed by atoms with Crippen LogP contribution in [-0.4, -0.2) is 79.1 Å². The van der Waals surface area contributed by atoms with Gasteiger partial charge in [-0.3, -0.25) is 9.36 Å². The molecular formula is C33H36Cl2F2N4O5S2. The van der Waals surface area contributed by atoms with Gasteiger partial charge in [-0.1, -0.05) is 54.9 Å². The average Bonchev–Trinajstić information content (AvgIpc) is 3.45. The largest absolute Gasteiger partial charge is 0.495 e. The number of nitrogens with zero attached hydrogens (tertiary/aromatic N) is 4. The predicted octanol–water partition coefficient (Wildman–Crippen LogP) is 7.11. The number of rotatable bonds is 15. The molecule has 48 heavy (non-hydrogen) atoms. The fourth-order valence-corrected chi connectivity index (χ4v) is 8.17. The Bertz CT molecular complexity index is 1860. The zero-order valence-electron chi connectivity index (χ0n) is 27.0. The van der Waals surface area contributed by atoms with Crippen molar-refractivity contribution in [3.8, 4) is 11.4 Å². The van der Waals surface area contributed by atoms with Gasteiger partial charge in [0.25, 0.3) is 0 Å². The zero-order valence-corrected chi connectivity index (χ0v) is 30.2. The summed E-state index contributed by atoms with van der Waals surface area (Å²) in [6.45, 7) is 3.66. The molecule has 0 atom stereocenters. The van der Waals surface area contributed by atoms with Gasteiger partial charge in [-0.25, -0.2) is 22.2 Å². The van der Waals surface area contributed by atoms with Gasteiger partial charge in [0.2, 0.25) is 10.0 Å². The maximum atomic E-state index is 15.6. The lowest BCUT2D eigenvalue weighted by Gasteiger charge is -2.28. The second-order valence-electron chi connectivity index (χ2n) is 11.8. The summed E-state index contributed by atoms with van der Waals surface area (Å²) in [5, 5.41) is 10.1. The van der Waals surface area contributed by atoms with Crippen molar-refractivity contribution in [3.05, 3.63) is 99.3 Å². The first-order valence-corrected chi connectivity index (χ1v) is 17.9. The van der Waals surface area contributed by atoms with Gasteiger partial charge in [-0.15, -0.1) is 0 Å². The summed E-state index contributed by atoms with van der Waals surface area (Å²) >= 11 is 13.9. The molecule has 0 aliphatic heterocycles. The maximum Gasteiger partial charge on any atom is 0.318 e. The summed E-state index contributed by atoms with van der Waals surface area (Å²) < 4.78 is 64.4. The van der Waals surface area contributed by atoms with Gasteiger partial charge in [-0.2, -0.15) is 4.31 Å². The molecule has 0 aliphatic carbocycles. The minimum Gasteiger partial charge on any atom is -0.495 e. The van der Waals surface area contributed by atoms with Gasteiger partial charge >= 0.3 is 5.97 Å². The van der Waals surface area contributed by atoms with E-state index in [0.717, 1.165) is 39.5 Å². The van der Waals surface area contributed by atoms with Gasteiger partial charge in [-0.05, 0) is 81.2 Å². The molecule has 3 aromatic carbocycles. The van der Waals surface area contributed by atoms with Crippen molar-refractivity contribution in [1.29, 1.82) is 0 Å². The van der Waals surface area contributed by atoms with E-state index in [1.807, 2.05) is 49.5 Å². The van der Waals surface area contributed by atoms with Crippen LogP contribution in [0, 0.1) is 11.6 Å². The smallest absolute Gasteiger partial charge is 0.318 e. The van der Waals surface area contributed by atoms with E-state index in [9.17, 15) is 22.7 Å². The van der Waals surface area contributed by atoms with Crippen LogP contribution < -0.4 is 4.74 Å². The molecule has 1 heterocycles. The molecule has 0 saturated carbocycles. The maximum absolute atomic E-state index is 15.6. The summed E-state index contributed by atoms with van der Waals surface area (Å²) in [6.07, 6.45) is 2.06. The number of benzene rings is 3. The minimum absolute atomic E-state index is 0.0283. The molecule has 0 unspecified atom stereocenters. The van der Waals surface area contributed by atoms with Gasteiger partial charge in [0, 0.05) is 34.0 Å². The summed E-state index contributed by atoms with van der Waals surface area (Å²) in [7, 11) is 0.775. The van der Waals surface area contributed by atoms with Gasteiger partial charge in [0.15, 0.2) is 5.16 Å². The average molecular weight is 742 g/mol. The van der Waals surface area contributed by atoms with Crippen molar-refractivity contribution in [2.24, 2.45) is 0 Å². The number of aliphatic carboxylic acids is 1. The minimum atomic E-state index is -4.38. The Morgan fingerprint density at radius 3 is 2.33 bits per heavy atom. The Labute approximate surface area is 293 Å². The normalized spacial score (nSPS) is 12.2. The number of halogens is 4. The highest BCUT2D eigenvalue weighted by Crippen LogP contribution is 2.40. The van der Waals surface area contributed by atoms with E-state index in [1.54, 1.807) is 24.4 Å². The van der Waals surface area contributed by atoms with Crippen LogP contribution in [0.15, 0.2) is 70.8 Å².